The molecule has 0 aliphatic carbocycles. The zero-order chi connectivity index (χ0) is 21.8. The first-order chi connectivity index (χ1) is 15.0. The summed E-state index contributed by atoms with van der Waals surface area (Å²) in [6.45, 7) is 1.85. The zero-order valence-electron chi connectivity index (χ0n) is 16.3. The molecule has 0 spiro atoms. The number of rotatable bonds is 5. The molecule has 10 heteroatoms. The third kappa shape index (κ3) is 4.30. The summed E-state index contributed by atoms with van der Waals surface area (Å²) < 4.78 is 10.9. The molecule has 10 nitrogen and oxygen atoms in total. The Bertz CT molecular complexity index is 1170. The lowest BCUT2D eigenvalue weighted by atomic mass is 10.2. The number of amides is 1. The number of non-ortho nitro benzene ring substituents is 1. The molecular formula is C21H17N5O5. The van der Waals surface area contributed by atoms with Crippen molar-refractivity contribution in [1.82, 2.24) is 9.88 Å². The quantitative estimate of drug-likeness (QED) is 0.455. The number of nitrogens with zero attached hydrogens (tertiary/aromatic N) is 5. The van der Waals surface area contributed by atoms with Gasteiger partial charge in [-0.25, -0.2) is 0 Å². The van der Waals surface area contributed by atoms with Crippen molar-refractivity contribution >= 4 is 29.6 Å². The molecule has 1 aliphatic rings. The Hall–Kier alpha value is -4.39. The number of nitriles is 1. The Morgan fingerprint density at radius 3 is 2.68 bits per heavy atom. The van der Waals surface area contributed by atoms with E-state index in [4.69, 9.17) is 8.83 Å². The number of nitro benzene ring substituents is 1. The number of nitro groups is 1. The monoisotopic (exact) mass is 419 g/mol. The Morgan fingerprint density at radius 1 is 1.19 bits per heavy atom. The normalized spacial score (nSPS) is 14.0. The largest absolute Gasteiger partial charge is 0.459 e. The fraction of sp³-hybridized carbons (Fsp3) is 0.190. The second-order valence-corrected chi connectivity index (χ2v) is 6.76. The summed E-state index contributed by atoms with van der Waals surface area (Å²) in [7, 11) is 0. The van der Waals surface area contributed by atoms with Crippen molar-refractivity contribution in [2.45, 2.75) is 0 Å². The van der Waals surface area contributed by atoms with Crippen LogP contribution in [0, 0.1) is 21.4 Å². The molecular weight excluding hydrogens is 402 g/mol. The van der Waals surface area contributed by atoms with Crippen molar-refractivity contribution in [3.05, 3.63) is 75.7 Å². The van der Waals surface area contributed by atoms with Crippen LogP contribution in [0.3, 0.4) is 0 Å². The minimum Gasteiger partial charge on any atom is -0.459 e. The molecule has 3 aromatic rings. The second kappa shape index (κ2) is 8.54. The SMILES string of the molecule is N#Cc1nc(/C=C/c2cccc([N+](=O)[O-])c2)oc1N1CCN(C(=O)c2ccco2)CC1. The molecule has 0 N–H and O–H groups in total. The van der Waals surface area contributed by atoms with Crippen molar-refractivity contribution in [2.75, 3.05) is 31.1 Å². The van der Waals surface area contributed by atoms with Crippen LogP contribution in [0.25, 0.3) is 12.2 Å². The van der Waals surface area contributed by atoms with E-state index in [1.165, 1.54) is 18.4 Å². The summed E-state index contributed by atoms with van der Waals surface area (Å²) >= 11 is 0. The molecule has 4 rings (SSSR count). The van der Waals surface area contributed by atoms with E-state index in [-0.39, 0.29) is 23.2 Å². The summed E-state index contributed by atoms with van der Waals surface area (Å²) in [5.74, 6) is 0.668. The van der Waals surface area contributed by atoms with Crippen LogP contribution in [0.5, 0.6) is 0 Å². The van der Waals surface area contributed by atoms with E-state index in [0.29, 0.717) is 43.4 Å². The number of piperazine rings is 1. The highest BCUT2D eigenvalue weighted by molar-refractivity contribution is 5.91. The van der Waals surface area contributed by atoms with Gasteiger partial charge >= 0.3 is 0 Å². The lowest BCUT2D eigenvalue weighted by molar-refractivity contribution is -0.384. The molecule has 1 aromatic carbocycles. The maximum absolute atomic E-state index is 12.4. The lowest BCUT2D eigenvalue weighted by Crippen LogP contribution is -2.48. The molecule has 0 radical (unpaired) electrons. The zero-order valence-corrected chi connectivity index (χ0v) is 16.3. The number of aromatic nitrogens is 1. The third-order valence-corrected chi connectivity index (χ3v) is 4.82. The van der Waals surface area contributed by atoms with Crippen molar-refractivity contribution in [3.63, 3.8) is 0 Å². The number of oxazole rings is 1. The van der Waals surface area contributed by atoms with E-state index >= 15 is 0 Å². The van der Waals surface area contributed by atoms with E-state index < -0.39 is 4.92 Å². The topological polar surface area (TPSA) is 130 Å². The Labute approximate surface area is 176 Å². The van der Waals surface area contributed by atoms with Gasteiger partial charge in [0, 0.05) is 44.4 Å². The van der Waals surface area contributed by atoms with Crippen LogP contribution in [-0.2, 0) is 0 Å². The molecule has 0 atom stereocenters. The van der Waals surface area contributed by atoms with Gasteiger partial charge in [-0.1, -0.05) is 12.1 Å². The fourth-order valence-corrected chi connectivity index (χ4v) is 3.26. The highest BCUT2D eigenvalue weighted by Gasteiger charge is 2.27. The predicted molar refractivity (Wildman–Crippen MR) is 110 cm³/mol. The van der Waals surface area contributed by atoms with Gasteiger partial charge in [0.05, 0.1) is 11.2 Å². The minimum atomic E-state index is -0.468. The van der Waals surface area contributed by atoms with Crippen molar-refractivity contribution < 1.29 is 18.6 Å². The maximum atomic E-state index is 12.4. The number of carbonyl (C=O) groups excluding carboxylic acids is 1. The average Bonchev–Trinajstić information content (AvgIpc) is 3.47. The molecule has 2 aromatic heterocycles. The molecule has 0 bridgehead atoms. The second-order valence-electron chi connectivity index (χ2n) is 6.76. The summed E-state index contributed by atoms with van der Waals surface area (Å²) in [5.41, 5.74) is 0.733. The number of hydrogen-bond donors (Lipinski definition) is 0. The van der Waals surface area contributed by atoms with Crippen LogP contribution in [0.2, 0.25) is 0 Å². The Kier molecular flexibility index (Phi) is 5.49. The summed E-state index contributed by atoms with van der Waals surface area (Å²) in [6, 6.07) is 11.5. The maximum Gasteiger partial charge on any atom is 0.289 e. The summed E-state index contributed by atoms with van der Waals surface area (Å²) in [6.07, 6.45) is 4.64. The van der Waals surface area contributed by atoms with Crippen molar-refractivity contribution in [2.24, 2.45) is 0 Å². The molecule has 1 fully saturated rings. The number of carbonyl (C=O) groups is 1. The van der Waals surface area contributed by atoms with E-state index in [1.54, 1.807) is 41.3 Å². The number of anilines is 1. The van der Waals surface area contributed by atoms with E-state index in [2.05, 4.69) is 4.98 Å². The average molecular weight is 419 g/mol. The predicted octanol–water partition coefficient (Wildman–Crippen LogP) is 3.18. The summed E-state index contributed by atoms with van der Waals surface area (Å²) in [5, 5.41) is 20.3. The lowest BCUT2D eigenvalue weighted by Gasteiger charge is -2.34. The molecule has 1 amide bonds. The van der Waals surface area contributed by atoms with Gasteiger partial charge in [-0.2, -0.15) is 10.2 Å². The first-order valence-electron chi connectivity index (χ1n) is 9.46. The Morgan fingerprint density at radius 2 is 2.00 bits per heavy atom. The molecule has 0 saturated carbocycles. The van der Waals surface area contributed by atoms with Crippen LogP contribution in [0.15, 0.2) is 51.5 Å². The van der Waals surface area contributed by atoms with Gasteiger partial charge in [-0.3, -0.25) is 14.9 Å². The van der Waals surface area contributed by atoms with Crippen LogP contribution >= 0.6 is 0 Å². The molecule has 1 aliphatic heterocycles. The fourth-order valence-electron chi connectivity index (χ4n) is 3.26. The molecule has 156 valence electrons. The molecule has 1 saturated heterocycles. The van der Waals surface area contributed by atoms with Crippen LogP contribution < -0.4 is 4.90 Å². The van der Waals surface area contributed by atoms with Crippen LogP contribution in [0.1, 0.15) is 27.7 Å². The smallest absolute Gasteiger partial charge is 0.289 e. The van der Waals surface area contributed by atoms with Crippen molar-refractivity contribution in [1.29, 1.82) is 5.26 Å². The number of benzene rings is 1. The van der Waals surface area contributed by atoms with Gasteiger partial charge in [-0.05, 0) is 23.8 Å². The molecule has 0 unspecified atom stereocenters. The number of hydrogen-bond acceptors (Lipinski definition) is 8. The first kappa shape index (κ1) is 19.9. The summed E-state index contributed by atoms with van der Waals surface area (Å²) in [4.78, 5) is 30.6. The first-order valence-corrected chi connectivity index (χ1v) is 9.46. The minimum absolute atomic E-state index is 0.0186. The van der Waals surface area contributed by atoms with Crippen molar-refractivity contribution in [3.8, 4) is 6.07 Å². The standard InChI is InChI=1S/C21H17N5O5/c22-14-17-21(25-10-8-24(9-11-25)20(27)18-5-2-12-30-18)31-19(23-17)7-6-15-3-1-4-16(13-15)26(28)29/h1-7,12-13H,8-11H2/b7-6+. The van der Waals surface area contributed by atoms with Crippen LogP contribution in [-0.4, -0.2) is 46.9 Å². The van der Waals surface area contributed by atoms with Gasteiger partial charge in [0.1, 0.15) is 6.07 Å². The van der Waals surface area contributed by atoms with Gasteiger partial charge < -0.3 is 18.6 Å². The van der Waals surface area contributed by atoms with E-state index in [9.17, 15) is 20.2 Å². The van der Waals surface area contributed by atoms with Gasteiger partial charge in [0.15, 0.2) is 5.76 Å². The third-order valence-electron chi connectivity index (χ3n) is 4.82. The van der Waals surface area contributed by atoms with Gasteiger partial charge in [0.25, 0.3) is 11.6 Å². The molecule has 3 heterocycles. The van der Waals surface area contributed by atoms with Crippen LogP contribution in [0.4, 0.5) is 11.6 Å². The van der Waals surface area contributed by atoms with E-state index in [0.717, 1.165) is 0 Å². The highest BCUT2D eigenvalue weighted by Crippen LogP contribution is 2.25. The highest BCUT2D eigenvalue weighted by atomic mass is 16.6. The van der Waals surface area contributed by atoms with Gasteiger partial charge in [-0.15, -0.1) is 0 Å². The number of furan rings is 1. The molecule has 31 heavy (non-hydrogen) atoms. The van der Waals surface area contributed by atoms with E-state index in [1.807, 2.05) is 11.0 Å². The van der Waals surface area contributed by atoms with Gasteiger partial charge in [0.2, 0.25) is 17.5 Å². The Balaban J connectivity index is 1.46.